The van der Waals surface area contributed by atoms with E-state index in [0.717, 1.165) is 39.7 Å². The Hall–Kier alpha value is -1.92. The molecule has 1 aliphatic carbocycles. The fourth-order valence-electron chi connectivity index (χ4n) is 3.40. The summed E-state index contributed by atoms with van der Waals surface area (Å²) in [5, 5.41) is 5.96. The summed E-state index contributed by atoms with van der Waals surface area (Å²) in [7, 11) is 0. The number of para-hydroxylation sites is 1. The lowest BCUT2D eigenvalue weighted by Crippen LogP contribution is -2.18. The number of thioether (sulfide) groups is 1. The zero-order chi connectivity index (χ0) is 18.0. The van der Waals surface area contributed by atoms with Crippen molar-refractivity contribution in [3.8, 4) is 0 Å². The summed E-state index contributed by atoms with van der Waals surface area (Å²) in [6, 6.07) is 11.9. The Bertz CT molecular complexity index is 865. The molecule has 1 aromatic carbocycles. The van der Waals surface area contributed by atoms with Gasteiger partial charge in [0.1, 0.15) is 10.8 Å². The first-order valence-electron chi connectivity index (χ1n) is 8.87. The zero-order valence-electron chi connectivity index (χ0n) is 14.7. The van der Waals surface area contributed by atoms with Crippen molar-refractivity contribution in [2.75, 3.05) is 11.1 Å². The minimum Gasteiger partial charge on any atom is -0.325 e. The number of hydrogen-bond acceptors (Lipinski definition) is 5. The van der Waals surface area contributed by atoms with E-state index in [2.05, 4.69) is 16.8 Å². The van der Waals surface area contributed by atoms with Crippen LogP contribution in [-0.4, -0.2) is 28.1 Å². The van der Waals surface area contributed by atoms with E-state index in [9.17, 15) is 4.79 Å². The van der Waals surface area contributed by atoms with Crippen molar-refractivity contribution in [2.24, 2.45) is 9.98 Å². The van der Waals surface area contributed by atoms with Gasteiger partial charge in [-0.05, 0) is 55.7 Å². The van der Waals surface area contributed by atoms with Crippen LogP contribution in [0.2, 0.25) is 0 Å². The highest BCUT2D eigenvalue weighted by Crippen LogP contribution is 2.40. The van der Waals surface area contributed by atoms with Gasteiger partial charge in [0.2, 0.25) is 5.91 Å². The molecule has 0 radical (unpaired) electrons. The average Bonchev–Trinajstić information content (AvgIpc) is 3.37. The van der Waals surface area contributed by atoms with Crippen molar-refractivity contribution >= 4 is 45.4 Å². The molecule has 2 heterocycles. The van der Waals surface area contributed by atoms with Crippen LogP contribution < -0.4 is 5.32 Å². The van der Waals surface area contributed by atoms with Gasteiger partial charge in [-0.25, -0.2) is 4.99 Å². The number of thiophene rings is 1. The molecule has 1 amide bonds. The summed E-state index contributed by atoms with van der Waals surface area (Å²) in [5.74, 6) is 0.332. The van der Waals surface area contributed by atoms with E-state index in [1.165, 1.54) is 24.6 Å². The van der Waals surface area contributed by atoms with E-state index in [4.69, 9.17) is 9.98 Å². The number of anilines is 1. The van der Waals surface area contributed by atoms with Gasteiger partial charge in [-0.3, -0.25) is 9.79 Å². The Morgan fingerprint density at radius 2 is 2.00 bits per heavy atom. The molecule has 0 unspecified atom stereocenters. The molecular formula is C20H21N3OS2. The molecule has 0 bridgehead atoms. The summed E-state index contributed by atoms with van der Waals surface area (Å²) in [4.78, 5) is 23.5. The molecule has 26 heavy (non-hydrogen) atoms. The molecule has 2 aliphatic rings. The Labute approximate surface area is 161 Å². The van der Waals surface area contributed by atoms with Gasteiger partial charge in [0.05, 0.1) is 10.6 Å². The van der Waals surface area contributed by atoms with Crippen LogP contribution in [0.3, 0.4) is 0 Å². The van der Waals surface area contributed by atoms with Crippen LogP contribution in [0.25, 0.3) is 0 Å². The number of rotatable bonds is 4. The number of aryl methyl sites for hydroxylation is 1. The molecule has 2 aromatic rings. The van der Waals surface area contributed by atoms with Crippen LogP contribution >= 0.6 is 23.1 Å². The number of nitrogens with one attached hydrogen (secondary N) is 1. The van der Waals surface area contributed by atoms with E-state index in [1.54, 1.807) is 11.3 Å². The number of benzene rings is 1. The SMILES string of the molecule is Cc1ccccc1NC(=O)CSC1=NC2(CCCC2)N=C1c1cccs1. The smallest absolute Gasteiger partial charge is 0.234 e. The van der Waals surface area contributed by atoms with Crippen molar-refractivity contribution in [1.82, 2.24) is 0 Å². The molecule has 1 N–H and O–H groups in total. The van der Waals surface area contributed by atoms with Crippen molar-refractivity contribution in [2.45, 2.75) is 38.3 Å². The maximum atomic E-state index is 12.4. The number of carbonyl (C=O) groups excluding carboxylic acids is 1. The second-order valence-corrected chi connectivity index (χ2v) is 8.61. The first-order chi connectivity index (χ1) is 12.7. The van der Waals surface area contributed by atoms with Crippen LogP contribution in [0, 0.1) is 6.92 Å². The second kappa shape index (κ2) is 7.37. The predicted molar refractivity (Wildman–Crippen MR) is 112 cm³/mol. The molecule has 1 saturated carbocycles. The van der Waals surface area contributed by atoms with E-state index in [-0.39, 0.29) is 11.6 Å². The fourth-order valence-corrected chi connectivity index (χ4v) is 5.04. The van der Waals surface area contributed by atoms with Crippen LogP contribution in [0.15, 0.2) is 51.8 Å². The second-order valence-electron chi connectivity index (χ2n) is 6.70. The molecule has 6 heteroatoms. The highest BCUT2D eigenvalue weighted by atomic mass is 32.2. The van der Waals surface area contributed by atoms with Gasteiger partial charge < -0.3 is 5.32 Å². The molecule has 1 spiro atoms. The summed E-state index contributed by atoms with van der Waals surface area (Å²) in [6.45, 7) is 2.00. The molecule has 4 nitrogen and oxygen atoms in total. The number of hydrogen-bond donors (Lipinski definition) is 1. The van der Waals surface area contributed by atoms with E-state index in [1.807, 2.05) is 37.3 Å². The number of nitrogens with zero attached hydrogens (tertiary/aromatic N) is 2. The topological polar surface area (TPSA) is 53.8 Å². The molecular weight excluding hydrogens is 362 g/mol. The summed E-state index contributed by atoms with van der Waals surface area (Å²) >= 11 is 3.18. The fraction of sp³-hybridized carbons (Fsp3) is 0.350. The first kappa shape index (κ1) is 17.5. The third-order valence-corrected chi connectivity index (χ3v) is 6.59. The van der Waals surface area contributed by atoms with Crippen LogP contribution in [0.5, 0.6) is 0 Å². The van der Waals surface area contributed by atoms with Crippen LogP contribution in [0.1, 0.15) is 36.1 Å². The van der Waals surface area contributed by atoms with Crippen molar-refractivity contribution in [3.63, 3.8) is 0 Å². The Balaban J connectivity index is 1.47. The van der Waals surface area contributed by atoms with Crippen molar-refractivity contribution in [1.29, 1.82) is 0 Å². The number of amides is 1. The lowest BCUT2D eigenvalue weighted by atomic mass is 10.1. The van der Waals surface area contributed by atoms with Crippen LogP contribution in [-0.2, 0) is 4.79 Å². The molecule has 134 valence electrons. The van der Waals surface area contributed by atoms with Crippen LogP contribution in [0.4, 0.5) is 5.69 Å². The van der Waals surface area contributed by atoms with Gasteiger partial charge in [0.25, 0.3) is 0 Å². The first-order valence-corrected chi connectivity index (χ1v) is 10.7. The summed E-state index contributed by atoms with van der Waals surface area (Å²) in [5.41, 5.74) is 2.63. The molecule has 1 aliphatic heterocycles. The number of aliphatic imine (C=N–C) groups is 2. The normalized spacial score (nSPS) is 18.0. The van der Waals surface area contributed by atoms with Gasteiger partial charge in [0, 0.05) is 5.69 Å². The maximum Gasteiger partial charge on any atom is 0.234 e. The number of carbonyl (C=O) groups is 1. The highest BCUT2D eigenvalue weighted by Gasteiger charge is 2.39. The highest BCUT2D eigenvalue weighted by molar-refractivity contribution is 8.16. The molecule has 1 aromatic heterocycles. The minimum absolute atomic E-state index is 0.00935. The summed E-state index contributed by atoms with van der Waals surface area (Å²) < 4.78 is 0. The quantitative estimate of drug-likeness (QED) is 0.816. The van der Waals surface area contributed by atoms with Crippen molar-refractivity contribution < 1.29 is 4.79 Å². The molecule has 0 saturated heterocycles. The van der Waals surface area contributed by atoms with Crippen molar-refractivity contribution in [3.05, 3.63) is 52.2 Å². The average molecular weight is 384 g/mol. The van der Waals surface area contributed by atoms with Gasteiger partial charge in [-0.1, -0.05) is 36.0 Å². The monoisotopic (exact) mass is 383 g/mol. The molecule has 4 rings (SSSR count). The van der Waals surface area contributed by atoms with E-state index < -0.39 is 0 Å². The summed E-state index contributed by atoms with van der Waals surface area (Å²) in [6.07, 6.45) is 4.38. The van der Waals surface area contributed by atoms with Gasteiger partial charge in [0.15, 0.2) is 5.66 Å². The Morgan fingerprint density at radius 1 is 1.19 bits per heavy atom. The molecule has 0 atom stereocenters. The largest absolute Gasteiger partial charge is 0.325 e. The molecule has 1 fully saturated rings. The zero-order valence-corrected chi connectivity index (χ0v) is 16.3. The van der Waals surface area contributed by atoms with Gasteiger partial charge in [-0.2, -0.15) is 0 Å². The maximum absolute atomic E-state index is 12.4. The lowest BCUT2D eigenvalue weighted by Gasteiger charge is -2.14. The van der Waals surface area contributed by atoms with E-state index in [0.29, 0.717) is 5.75 Å². The Kier molecular flexibility index (Phi) is 4.96. The van der Waals surface area contributed by atoms with Gasteiger partial charge in [-0.15, -0.1) is 11.3 Å². The van der Waals surface area contributed by atoms with Gasteiger partial charge >= 0.3 is 0 Å². The van der Waals surface area contributed by atoms with E-state index >= 15 is 0 Å². The third-order valence-electron chi connectivity index (χ3n) is 4.75. The standard InChI is InChI=1S/C20H21N3OS2/c1-14-7-2-3-8-15(14)21-17(24)13-26-19-18(16-9-6-12-25-16)22-20(23-19)10-4-5-11-20/h2-3,6-9,12H,4-5,10-11,13H2,1H3,(H,21,24). The third kappa shape index (κ3) is 3.62. The predicted octanol–water partition coefficient (Wildman–Crippen LogP) is 4.90. The lowest BCUT2D eigenvalue weighted by molar-refractivity contribution is -0.113. The minimum atomic E-state index is -0.270. The Morgan fingerprint density at radius 3 is 2.73 bits per heavy atom.